The molecule has 1 aliphatic rings. The van der Waals surface area contributed by atoms with Gasteiger partial charge in [-0.3, -0.25) is 4.79 Å². The van der Waals surface area contributed by atoms with Crippen LogP contribution in [-0.4, -0.2) is 5.78 Å². The van der Waals surface area contributed by atoms with Crippen LogP contribution in [0.2, 0.25) is 0 Å². The van der Waals surface area contributed by atoms with Gasteiger partial charge in [-0.1, -0.05) is 19.6 Å². The Kier molecular flexibility index (Phi) is 1.52. The van der Waals surface area contributed by atoms with Crippen LogP contribution in [-0.2, 0) is 4.79 Å². The van der Waals surface area contributed by atoms with Crippen molar-refractivity contribution < 1.29 is 4.79 Å². The minimum absolute atomic E-state index is 0.164. The van der Waals surface area contributed by atoms with E-state index in [0.29, 0.717) is 0 Å². The highest BCUT2D eigenvalue weighted by atomic mass is 16.1. The average molecular weight is 122 g/mol. The summed E-state index contributed by atoms with van der Waals surface area (Å²) in [6, 6.07) is 0. The average Bonchev–Trinajstić information content (AvgIpc) is 2.15. The zero-order valence-corrected chi connectivity index (χ0v) is 5.61. The molecular formula is C8H10O. The zero-order valence-electron chi connectivity index (χ0n) is 5.61. The third-order valence-electron chi connectivity index (χ3n) is 1.59. The van der Waals surface area contributed by atoms with Crippen LogP contribution in [0.5, 0.6) is 0 Å². The molecule has 0 spiro atoms. The maximum Gasteiger partial charge on any atom is 0.184 e. The summed E-state index contributed by atoms with van der Waals surface area (Å²) in [5.74, 6) is 0.164. The molecule has 1 aliphatic carbocycles. The lowest BCUT2D eigenvalue weighted by Crippen LogP contribution is -1.95. The summed E-state index contributed by atoms with van der Waals surface area (Å²) < 4.78 is 0. The fraction of sp³-hybridized carbons (Fsp3) is 0.375. The van der Waals surface area contributed by atoms with Crippen molar-refractivity contribution in [1.82, 2.24) is 0 Å². The van der Waals surface area contributed by atoms with Crippen LogP contribution >= 0.6 is 0 Å². The van der Waals surface area contributed by atoms with Gasteiger partial charge < -0.3 is 0 Å². The minimum atomic E-state index is 0.164. The van der Waals surface area contributed by atoms with E-state index < -0.39 is 0 Å². The Labute approximate surface area is 55.1 Å². The molecule has 0 radical (unpaired) electrons. The Morgan fingerprint density at radius 2 is 2.44 bits per heavy atom. The maximum atomic E-state index is 11.0. The lowest BCUT2D eigenvalue weighted by atomic mass is 10.1. The second-order valence-corrected chi connectivity index (χ2v) is 2.22. The number of ketones is 1. The fourth-order valence-corrected chi connectivity index (χ4v) is 0.964. The van der Waals surface area contributed by atoms with Gasteiger partial charge in [-0.15, -0.1) is 0 Å². The molecule has 0 aliphatic heterocycles. The van der Waals surface area contributed by atoms with Gasteiger partial charge >= 0.3 is 0 Å². The quantitative estimate of drug-likeness (QED) is 0.485. The van der Waals surface area contributed by atoms with Crippen LogP contribution in [0.3, 0.4) is 0 Å². The van der Waals surface area contributed by atoms with Gasteiger partial charge in [0, 0.05) is 0 Å². The summed E-state index contributed by atoms with van der Waals surface area (Å²) in [5, 5.41) is 0. The Bertz CT molecular complexity index is 187. The normalized spacial score (nSPS) is 18.6. The van der Waals surface area contributed by atoms with Gasteiger partial charge in [0.2, 0.25) is 0 Å². The van der Waals surface area contributed by atoms with Crippen molar-refractivity contribution in [1.29, 1.82) is 0 Å². The summed E-state index contributed by atoms with van der Waals surface area (Å²) in [5.41, 5.74) is 1.67. The lowest BCUT2D eigenvalue weighted by molar-refractivity contribution is -0.112. The molecular weight excluding hydrogens is 112 g/mol. The highest BCUT2D eigenvalue weighted by molar-refractivity contribution is 6.10. The molecule has 0 aromatic rings. The molecule has 1 nitrogen and oxygen atoms in total. The second-order valence-electron chi connectivity index (χ2n) is 2.22. The Morgan fingerprint density at radius 3 is 2.67 bits per heavy atom. The van der Waals surface area contributed by atoms with Crippen molar-refractivity contribution in [2.24, 2.45) is 0 Å². The monoisotopic (exact) mass is 122 g/mol. The number of hydrogen-bond donors (Lipinski definition) is 0. The van der Waals surface area contributed by atoms with Crippen molar-refractivity contribution >= 4 is 5.78 Å². The van der Waals surface area contributed by atoms with E-state index in [1.54, 1.807) is 0 Å². The van der Waals surface area contributed by atoms with Crippen molar-refractivity contribution in [2.75, 3.05) is 0 Å². The second kappa shape index (κ2) is 2.18. The first-order valence-electron chi connectivity index (χ1n) is 3.17. The molecule has 0 heterocycles. The molecule has 0 amide bonds. The van der Waals surface area contributed by atoms with Gasteiger partial charge in [0.15, 0.2) is 5.78 Å². The van der Waals surface area contributed by atoms with Crippen LogP contribution in [0.25, 0.3) is 0 Å². The van der Waals surface area contributed by atoms with Crippen LogP contribution in [0.15, 0.2) is 23.8 Å². The summed E-state index contributed by atoms with van der Waals surface area (Å²) in [4.78, 5) is 11.0. The maximum absolute atomic E-state index is 11.0. The van der Waals surface area contributed by atoms with Gasteiger partial charge in [0.1, 0.15) is 0 Å². The fourth-order valence-electron chi connectivity index (χ4n) is 0.964. The first-order chi connectivity index (χ1) is 4.25. The summed E-state index contributed by atoms with van der Waals surface area (Å²) in [7, 11) is 0. The lowest BCUT2D eigenvalue weighted by Gasteiger charge is -1.91. The molecule has 0 atom stereocenters. The number of hydrogen-bond acceptors (Lipinski definition) is 1. The largest absolute Gasteiger partial charge is 0.289 e. The molecule has 1 heteroatoms. The summed E-state index contributed by atoms with van der Waals surface area (Å²) in [6.07, 6.45) is 3.57. The van der Waals surface area contributed by atoms with Gasteiger partial charge in [-0.05, 0) is 24.0 Å². The summed E-state index contributed by atoms with van der Waals surface area (Å²) in [6.45, 7) is 5.62. The molecule has 48 valence electrons. The Balaban J connectivity index is 2.78. The molecule has 0 bridgehead atoms. The molecule has 9 heavy (non-hydrogen) atoms. The van der Waals surface area contributed by atoms with E-state index in [4.69, 9.17) is 0 Å². The molecule has 0 unspecified atom stereocenters. The van der Waals surface area contributed by atoms with Gasteiger partial charge in [0.05, 0.1) is 0 Å². The van der Waals surface area contributed by atoms with Crippen molar-refractivity contribution in [2.45, 2.75) is 19.8 Å². The van der Waals surface area contributed by atoms with E-state index in [1.807, 2.05) is 13.0 Å². The molecule has 0 saturated carbocycles. The molecule has 0 saturated heterocycles. The third kappa shape index (κ3) is 0.947. The number of rotatable bonds is 1. The standard InChI is InChI=1S/C8H10O/c1-3-7-5-4-6(2)8(7)9/h5H,2-4H2,1H3. The van der Waals surface area contributed by atoms with Gasteiger partial charge in [-0.25, -0.2) is 0 Å². The van der Waals surface area contributed by atoms with E-state index in [2.05, 4.69) is 6.58 Å². The highest BCUT2D eigenvalue weighted by Gasteiger charge is 2.16. The first-order valence-corrected chi connectivity index (χ1v) is 3.17. The predicted molar refractivity (Wildman–Crippen MR) is 37.1 cm³/mol. The Morgan fingerprint density at radius 1 is 1.78 bits per heavy atom. The number of Topliss-reactive ketones (excluding diaryl/α,β-unsaturated/α-hetero) is 1. The molecule has 0 aromatic carbocycles. The van der Waals surface area contributed by atoms with Crippen LogP contribution in [0.4, 0.5) is 0 Å². The third-order valence-corrected chi connectivity index (χ3v) is 1.59. The number of carbonyl (C=O) groups is 1. The van der Waals surface area contributed by atoms with E-state index in [9.17, 15) is 4.79 Å². The molecule has 0 N–H and O–H groups in total. The number of carbonyl (C=O) groups excluding carboxylic acids is 1. The van der Waals surface area contributed by atoms with E-state index in [-0.39, 0.29) is 5.78 Å². The SMILES string of the molecule is C=C1CC=C(CC)C1=O. The molecule has 0 aromatic heterocycles. The minimum Gasteiger partial charge on any atom is -0.289 e. The van der Waals surface area contributed by atoms with Gasteiger partial charge in [0.25, 0.3) is 0 Å². The molecule has 0 fully saturated rings. The van der Waals surface area contributed by atoms with E-state index in [0.717, 1.165) is 24.0 Å². The smallest absolute Gasteiger partial charge is 0.184 e. The zero-order chi connectivity index (χ0) is 6.85. The highest BCUT2D eigenvalue weighted by Crippen LogP contribution is 2.20. The predicted octanol–water partition coefficient (Wildman–Crippen LogP) is 1.85. The van der Waals surface area contributed by atoms with Gasteiger partial charge in [-0.2, -0.15) is 0 Å². The Hall–Kier alpha value is -0.850. The van der Waals surface area contributed by atoms with Crippen LogP contribution in [0, 0.1) is 0 Å². The van der Waals surface area contributed by atoms with Crippen LogP contribution < -0.4 is 0 Å². The summed E-state index contributed by atoms with van der Waals surface area (Å²) >= 11 is 0. The van der Waals surface area contributed by atoms with Crippen LogP contribution in [0.1, 0.15) is 19.8 Å². The van der Waals surface area contributed by atoms with Crippen molar-refractivity contribution in [3.8, 4) is 0 Å². The van der Waals surface area contributed by atoms with Crippen molar-refractivity contribution in [3.05, 3.63) is 23.8 Å². The molecule has 1 rings (SSSR count). The first kappa shape index (κ1) is 6.27. The number of allylic oxidation sites excluding steroid dienone is 3. The van der Waals surface area contributed by atoms with E-state index >= 15 is 0 Å². The van der Waals surface area contributed by atoms with Crippen molar-refractivity contribution in [3.63, 3.8) is 0 Å². The van der Waals surface area contributed by atoms with E-state index in [1.165, 1.54) is 0 Å². The topological polar surface area (TPSA) is 17.1 Å².